The highest BCUT2D eigenvalue weighted by Crippen LogP contribution is 2.40. The zero-order valence-corrected chi connectivity index (χ0v) is 9.78. The number of anilines is 1. The van der Waals surface area contributed by atoms with Gasteiger partial charge in [-0.15, -0.1) is 0 Å². The molecule has 0 aliphatic carbocycles. The summed E-state index contributed by atoms with van der Waals surface area (Å²) in [7, 11) is 0. The van der Waals surface area contributed by atoms with Crippen LogP contribution >= 0.6 is 0 Å². The van der Waals surface area contributed by atoms with Crippen molar-refractivity contribution in [1.29, 1.82) is 0 Å². The van der Waals surface area contributed by atoms with E-state index in [1.165, 1.54) is 19.2 Å². The minimum atomic E-state index is -2.01. The van der Waals surface area contributed by atoms with Crippen molar-refractivity contribution in [2.75, 3.05) is 12.3 Å². The Hall–Kier alpha value is -1.48. The molecule has 3 atom stereocenters. The predicted octanol–water partition coefficient (Wildman–Crippen LogP) is -2.04. The summed E-state index contributed by atoms with van der Waals surface area (Å²) >= 11 is 0. The second-order valence-electron chi connectivity index (χ2n) is 4.43. The van der Waals surface area contributed by atoms with Gasteiger partial charge in [0.2, 0.25) is 11.5 Å². The number of aliphatic hydroxyl groups is 3. The summed E-state index contributed by atoms with van der Waals surface area (Å²) in [6.07, 6.45) is 0.319. The van der Waals surface area contributed by atoms with E-state index in [0.29, 0.717) is 0 Å². The van der Waals surface area contributed by atoms with Gasteiger partial charge in [-0.25, -0.2) is 4.79 Å². The topological polar surface area (TPSA) is 131 Å². The molecule has 2 rings (SSSR count). The zero-order chi connectivity index (χ0) is 13.6. The van der Waals surface area contributed by atoms with E-state index in [-0.39, 0.29) is 18.8 Å². The molecule has 1 aliphatic rings. The van der Waals surface area contributed by atoms with Crippen LogP contribution in [-0.2, 0) is 10.5 Å². The Kier molecular flexibility index (Phi) is 2.90. The van der Waals surface area contributed by atoms with E-state index >= 15 is 0 Å². The van der Waals surface area contributed by atoms with Crippen molar-refractivity contribution in [2.45, 2.75) is 31.0 Å². The van der Waals surface area contributed by atoms with E-state index < -0.39 is 23.3 Å². The number of aromatic nitrogens is 2. The molecule has 8 heteroatoms. The molecule has 100 valence electrons. The monoisotopic (exact) mass is 257 g/mol. The van der Waals surface area contributed by atoms with Crippen LogP contribution in [0.1, 0.15) is 13.3 Å². The Bertz CT molecular complexity index is 514. The summed E-state index contributed by atoms with van der Waals surface area (Å²) in [5.41, 5.74) is 2.54. The Balaban J connectivity index is 2.51. The van der Waals surface area contributed by atoms with Crippen LogP contribution in [0.15, 0.2) is 17.1 Å². The van der Waals surface area contributed by atoms with Gasteiger partial charge in [0.15, 0.2) is 0 Å². The van der Waals surface area contributed by atoms with Crippen molar-refractivity contribution in [1.82, 2.24) is 9.55 Å². The minimum Gasteiger partial charge on any atom is -0.394 e. The molecule has 1 aliphatic heterocycles. The molecule has 18 heavy (non-hydrogen) atoms. The molecule has 3 unspecified atom stereocenters. The molecule has 0 amide bonds. The first-order valence-electron chi connectivity index (χ1n) is 5.39. The van der Waals surface area contributed by atoms with E-state index in [2.05, 4.69) is 4.98 Å². The maximum absolute atomic E-state index is 11.7. The zero-order valence-electron chi connectivity index (χ0n) is 9.78. The van der Waals surface area contributed by atoms with Gasteiger partial charge in [-0.3, -0.25) is 4.57 Å². The SMILES string of the molecule is CC1(O)OC(CO)CC1(O)n1ccc(N)nc1=O. The molecule has 8 nitrogen and oxygen atoms in total. The average molecular weight is 257 g/mol. The fourth-order valence-electron chi connectivity index (χ4n) is 2.09. The van der Waals surface area contributed by atoms with Crippen LogP contribution in [0.2, 0.25) is 0 Å². The summed E-state index contributed by atoms with van der Waals surface area (Å²) in [5, 5.41) is 29.5. The quantitative estimate of drug-likeness (QED) is 0.480. The van der Waals surface area contributed by atoms with Gasteiger partial charge in [0.25, 0.3) is 0 Å². The lowest BCUT2D eigenvalue weighted by Gasteiger charge is -2.34. The Labute approximate surface area is 102 Å². The molecule has 5 N–H and O–H groups in total. The van der Waals surface area contributed by atoms with E-state index in [1.54, 1.807) is 0 Å². The van der Waals surface area contributed by atoms with Crippen LogP contribution in [0.25, 0.3) is 0 Å². The van der Waals surface area contributed by atoms with E-state index in [4.69, 9.17) is 15.6 Å². The van der Waals surface area contributed by atoms with Crippen LogP contribution in [0.3, 0.4) is 0 Å². The van der Waals surface area contributed by atoms with Gasteiger partial charge in [0.05, 0.1) is 12.7 Å². The summed E-state index contributed by atoms with van der Waals surface area (Å²) in [4.78, 5) is 15.2. The molecule has 2 heterocycles. The number of nitrogen functional groups attached to an aromatic ring is 1. The Morgan fingerprint density at radius 1 is 1.67 bits per heavy atom. The van der Waals surface area contributed by atoms with Crippen LogP contribution in [0, 0.1) is 0 Å². The van der Waals surface area contributed by atoms with Gasteiger partial charge >= 0.3 is 5.69 Å². The van der Waals surface area contributed by atoms with Gasteiger partial charge in [-0.2, -0.15) is 4.98 Å². The third kappa shape index (κ3) is 1.79. The molecule has 0 aromatic carbocycles. The molecule has 0 saturated carbocycles. The van der Waals surface area contributed by atoms with Crippen molar-refractivity contribution in [3.63, 3.8) is 0 Å². The van der Waals surface area contributed by atoms with Crippen molar-refractivity contribution >= 4 is 5.82 Å². The lowest BCUT2D eigenvalue weighted by atomic mass is 10.0. The highest BCUT2D eigenvalue weighted by atomic mass is 16.7. The molecule has 1 saturated heterocycles. The third-order valence-electron chi connectivity index (χ3n) is 3.08. The van der Waals surface area contributed by atoms with Crippen LogP contribution < -0.4 is 11.4 Å². The molecular formula is C10H15N3O5. The number of hydrogen-bond donors (Lipinski definition) is 4. The fourth-order valence-corrected chi connectivity index (χ4v) is 2.09. The molecular weight excluding hydrogens is 242 g/mol. The van der Waals surface area contributed by atoms with Crippen molar-refractivity contribution in [3.05, 3.63) is 22.7 Å². The first kappa shape index (κ1) is 13.0. The van der Waals surface area contributed by atoms with Crippen LogP contribution in [-0.4, -0.2) is 43.4 Å². The summed E-state index contributed by atoms with van der Waals surface area (Å²) in [5.74, 6) is -2.00. The largest absolute Gasteiger partial charge is 0.394 e. The number of aliphatic hydroxyl groups excluding tert-OH is 1. The Morgan fingerprint density at radius 3 is 2.83 bits per heavy atom. The number of rotatable bonds is 2. The van der Waals surface area contributed by atoms with Crippen molar-refractivity contribution in [3.8, 4) is 0 Å². The van der Waals surface area contributed by atoms with Crippen LogP contribution in [0.4, 0.5) is 5.82 Å². The van der Waals surface area contributed by atoms with Gasteiger partial charge in [-0.1, -0.05) is 0 Å². The summed E-state index contributed by atoms with van der Waals surface area (Å²) in [6, 6.07) is 1.32. The molecule has 1 aromatic heterocycles. The number of hydrogen-bond acceptors (Lipinski definition) is 7. The summed E-state index contributed by atoms with van der Waals surface area (Å²) in [6.45, 7) is 0.834. The molecule has 0 radical (unpaired) electrons. The van der Waals surface area contributed by atoms with Gasteiger partial charge in [0, 0.05) is 12.6 Å². The highest BCUT2D eigenvalue weighted by Gasteiger charge is 2.57. The molecule has 0 bridgehead atoms. The standard InChI is InChI=1S/C10H15N3O5/c1-9(16)10(17,4-6(5-14)18-9)13-3-2-7(11)12-8(13)15/h2-3,6,14,16-17H,4-5H2,1H3,(H2,11,12,15). The highest BCUT2D eigenvalue weighted by molar-refractivity contribution is 5.24. The van der Waals surface area contributed by atoms with Crippen LogP contribution in [0.5, 0.6) is 0 Å². The first-order chi connectivity index (χ1) is 8.30. The molecule has 0 spiro atoms. The second-order valence-corrected chi connectivity index (χ2v) is 4.43. The van der Waals surface area contributed by atoms with Crippen molar-refractivity contribution < 1.29 is 20.1 Å². The molecule has 1 fully saturated rings. The van der Waals surface area contributed by atoms with Crippen molar-refractivity contribution in [2.24, 2.45) is 0 Å². The van der Waals surface area contributed by atoms with Gasteiger partial charge in [0.1, 0.15) is 5.82 Å². The Morgan fingerprint density at radius 2 is 2.33 bits per heavy atom. The maximum atomic E-state index is 11.7. The minimum absolute atomic E-state index is 0.0112. The fraction of sp³-hybridized carbons (Fsp3) is 0.600. The third-order valence-corrected chi connectivity index (χ3v) is 3.08. The maximum Gasteiger partial charge on any atom is 0.352 e. The van der Waals surface area contributed by atoms with E-state index in [0.717, 1.165) is 4.57 Å². The smallest absolute Gasteiger partial charge is 0.352 e. The first-order valence-corrected chi connectivity index (χ1v) is 5.39. The second kappa shape index (κ2) is 4.02. The molecule has 1 aromatic rings. The van der Waals surface area contributed by atoms with E-state index in [1.807, 2.05) is 0 Å². The number of ether oxygens (including phenoxy) is 1. The summed E-state index contributed by atoms with van der Waals surface area (Å²) < 4.78 is 5.94. The number of nitrogens with zero attached hydrogens (tertiary/aromatic N) is 2. The lowest BCUT2D eigenvalue weighted by Crippen LogP contribution is -2.54. The van der Waals surface area contributed by atoms with Gasteiger partial charge in [-0.05, 0) is 13.0 Å². The normalized spacial score (nSPS) is 35.9. The average Bonchev–Trinajstić information content (AvgIpc) is 2.50. The lowest BCUT2D eigenvalue weighted by molar-refractivity contribution is -0.283. The van der Waals surface area contributed by atoms with E-state index in [9.17, 15) is 15.0 Å². The predicted molar refractivity (Wildman–Crippen MR) is 60.3 cm³/mol. The number of nitrogens with two attached hydrogens (primary N) is 1. The van der Waals surface area contributed by atoms with Gasteiger partial charge < -0.3 is 25.8 Å².